The SMILES string of the molecule is C=Cc1cc2cc(C(C)O)ccc2cc1CC. The molecule has 1 N–H and O–H groups in total. The van der Waals surface area contributed by atoms with Crippen LogP contribution < -0.4 is 0 Å². The predicted molar refractivity (Wildman–Crippen MR) is 74.1 cm³/mol. The lowest BCUT2D eigenvalue weighted by atomic mass is 9.97. The first kappa shape index (κ1) is 11.9. The lowest BCUT2D eigenvalue weighted by Crippen LogP contribution is -1.92. The van der Waals surface area contributed by atoms with E-state index in [0.29, 0.717) is 0 Å². The van der Waals surface area contributed by atoms with Crippen LogP contribution in [0.3, 0.4) is 0 Å². The summed E-state index contributed by atoms with van der Waals surface area (Å²) in [5, 5.41) is 12.0. The minimum atomic E-state index is -0.419. The van der Waals surface area contributed by atoms with Crippen LogP contribution in [-0.4, -0.2) is 5.11 Å². The maximum atomic E-state index is 9.59. The molecule has 0 saturated heterocycles. The van der Waals surface area contributed by atoms with Gasteiger partial charge in [0.2, 0.25) is 0 Å². The largest absolute Gasteiger partial charge is 0.389 e. The van der Waals surface area contributed by atoms with Crippen LogP contribution in [0.5, 0.6) is 0 Å². The molecule has 0 bridgehead atoms. The second-order valence-electron chi connectivity index (χ2n) is 4.39. The Kier molecular flexibility index (Phi) is 3.30. The maximum absolute atomic E-state index is 9.59. The van der Waals surface area contributed by atoms with E-state index in [2.05, 4.69) is 31.7 Å². The molecule has 1 nitrogen and oxygen atoms in total. The molecule has 1 atom stereocenters. The lowest BCUT2D eigenvalue weighted by molar-refractivity contribution is 0.199. The van der Waals surface area contributed by atoms with Gasteiger partial charge in [-0.15, -0.1) is 0 Å². The molecule has 0 aliphatic carbocycles. The average molecular weight is 226 g/mol. The lowest BCUT2D eigenvalue weighted by Gasteiger charge is -2.10. The van der Waals surface area contributed by atoms with Crippen molar-refractivity contribution in [3.05, 3.63) is 53.6 Å². The van der Waals surface area contributed by atoms with Crippen molar-refractivity contribution < 1.29 is 5.11 Å². The fourth-order valence-electron chi connectivity index (χ4n) is 2.14. The molecule has 0 amide bonds. The van der Waals surface area contributed by atoms with Gasteiger partial charge in [0.1, 0.15) is 0 Å². The van der Waals surface area contributed by atoms with Gasteiger partial charge in [0.15, 0.2) is 0 Å². The van der Waals surface area contributed by atoms with Crippen LogP contribution in [0.2, 0.25) is 0 Å². The zero-order valence-electron chi connectivity index (χ0n) is 10.4. The van der Waals surface area contributed by atoms with Gasteiger partial charge in [0, 0.05) is 0 Å². The van der Waals surface area contributed by atoms with Crippen molar-refractivity contribution in [2.75, 3.05) is 0 Å². The molecule has 0 fully saturated rings. The minimum Gasteiger partial charge on any atom is -0.389 e. The Bertz CT molecular complexity index is 553. The Morgan fingerprint density at radius 2 is 2.00 bits per heavy atom. The molecular formula is C16H18O. The number of aryl methyl sites for hydroxylation is 1. The molecule has 1 unspecified atom stereocenters. The number of rotatable bonds is 3. The van der Waals surface area contributed by atoms with E-state index in [1.165, 1.54) is 16.5 Å². The first-order chi connectivity index (χ1) is 8.15. The second kappa shape index (κ2) is 4.72. The van der Waals surface area contributed by atoms with Crippen molar-refractivity contribution in [3.63, 3.8) is 0 Å². The third-order valence-electron chi connectivity index (χ3n) is 3.21. The highest BCUT2D eigenvalue weighted by Gasteiger charge is 2.04. The molecule has 2 rings (SSSR count). The Morgan fingerprint density at radius 1 is 1.24 bits per heavy atom. The summed E-state index contributed by atoms with van der Waals surface area (Å²) in [4.78, 5) is 0. The Hall–Kier alpha value is -1.60. The normalized spacial score (nSPS) is 12.6. The van der Waals surface area contributed by atoms with E-state index in [1.807, 2.05) is 18.2 Å². The van der Waals surface area contributed by atoms with Crippen LogP contribution >= 0.6 is 0 Å². The molecule has 0 spiro atoms. The number of aliphatic hydroxyl groups excluding tert-OH is 1. The van der Waals surface area contributed by atoms with E-state index in [1.54, 1.807) is 6.92 Å². The maximum Gasteiger partial charge on any atom is 0.0762 e. The van der Waals surface area contributed by atoms with Crippen LogP contribution in [0.1, 0.15) is 36.6 Å². The van der Waals surface area contributed by atoms with Gasteiger partial charge in [-0.25, -0.2) is 0 Å². The number of benzene rings is 2. The van der Waals surface area contributed by atoms with E-state index >= 15 is 0 Å². The fourth-order valence-corrected chi connectivity index (χ4v) is 2.14. The third-order valence-corrected chi connectivity index (χ3v) is 3.21. The Labute approximate surface area is 102 Å². The quantitative estimate of drug-likeness (QED) is 0.835. The van der Waals surface area contributed by atoms with Crippen molar-refractivity contribution in [1.29, 1.82) is 0 Å². The van der Waals surface area contributed by atoms with Gasteiger partial charge >= 0.3 is 0 Å². The van der Waals surface area contributed by atoms with Crippen molar-refractivity contribution >= 4 is 16.8 Å². The molecule has 0 aliphatic heterocycles. The predicted octanol–water partition coefficient (Wildman–Crippen LogP) is 4.10. The van der Waals surface area contributed by atoms with Gasteiger partial charge in [-0.05, 0) is 52.9 Å². The third kappa shape index (κ3) is 2.25. The number of aliphatic hydroxyl groups is 1. The molecular weight excluding hydrogens is 208 g/mol. The van der Waals surface area contributed by atoms with E-state index in [9.17, 15) is 5.11 Å². The summed E-state index contributed by atoms with van der Waals surface area (Å²) in [6.45, 7) is 7.79. The molecule has 0 aromatic heterocycles. The van der Waals surface area contributed by atoms with Crippen LogP contribution in [0.25, 0.3) is 16.8 Å². The van der Waals surface area contributed by atoms with E-state index in [0.717, 1.165) is 17.4 Å². The molecule has 0 radical (unpaired) electrons. The Morgan fingerprint density at radius 3 is 2.59 bits per heavy atom. The van der Waals surface area contributed by atoms with E-state index in [4.69, 9.17) is 0 Å². The zero-order chi connectivity index (χ0) is 12.4. The molecule has 0 saturated carbocycles. The summed E-state index contributed by atoms with van der Waals surface area (Å²) in [5.41, 5.74) is 3.46. The molecule has 88 valence electrons. The number of hydrogen-bond donors (Lipinski definition) is 1. The van der Waals surface area contributed by atoms with Crippen molar-refractivity contribution in [2.45, 2.75) is 26.4 Å². The molecule has 0 aliphatic rings. The minimum absolute atomic E-state index is 0.419. The summed E-state index contributed by atoms with van der Waals surface area (Å²) in [5.74, 6) is 0. The molecule has 2 aromatic rings. The zero-order valence-corrected chi connectivity index (χ0v) is 10.4. The van der Waals surface area contributed by atoms with Crippen molar-refractivity contribution in [3.8, 4) is 0 Å². The van der Waals surface area contributed by atoms with Crippen LogP contribution in [0, 0.1) is 0 Å². The average Bonchev–Trinajstić information content (AvgIpc) is 2.36. The van der Waals surface area contributed by atoms with E-state index in [-0.39, 0.29) is 0 Å². The number of fused-ring (bicyclic) bond motifs is 1. The summed E-state index contributed by atoms with van der Waals surface area (Å²) < 4.78 is 0. The molecule has 17 heavy (non-hydrogen) atoms. The molecule has 2 aromatic carbocycles. The van der Waals surface area contributed by atoms with Gasteiger partial charge in [-0.3, -0.25) is 0 Å². The summed E-state index contributed by atoms with van der Waals surface area (Å²) in [6.07, 6.45) is 2.49. The monoisotopic (exact) mass is 226 g/mol. The summed E-state index contributed by atoms with van der Waals surface area (Å²) in [7, 11) is 0. The van der Waals surface area contributed by atoms with Crippen LogP contribution in [-0.2, 0) is 6.42 Å². The first-order valence-corrected chi connectivity index (χ1v) is 6.02. The Balaban J connectivity index is 2.66. The van der Waals surface area contributed by atoms with Gasteiger partial charge in [0.05, 0.1) is 6.10 Å². The van der Waals surface area contributed by atoms with Gasteiger partial charge in [-0.2, -0.15) is 0 Å². The fraction of sp³-hybridized carbons (Fsp3) is 0.250. The highest BCUT2D eigenvalue weighted by Crippen LogP contribution is 2.24. The smallest absolute Gasteiger partial charge is 0.0762 e. The summed E-state index contributed by atoms with van der Waals surface area (Å²) in [6, 6.07) is 10.5. The van der Waals surface area contributed by atoms with Gasteiger partial charge in [0.25, 0.3) is 0 Å². The van der Waals surface area contributed by atoms with Crippen molar-refractivity contribution in [1.82, 2.24) is 0 Å². The van der Waals surface area contributed by atoms with Crippen LogP contribution in [0.4, 0.5) is 0 Å². The number of hydrogen-bond acceptors (Lipinski definition) is 1. The standard InChI is InChI=1S/C16H18O/c1-4-12-8-15-7-6-14(11(3)17)10-16(15)9-13(12)5-2/h5-11,17H,2,4H2,1,3H3. The second-order valence-corrected chi connectivity index (χ2v) is 4.39. The van der Waals surface area contributed by atoms with E-state index < -0.39 is 6.10 Å². The summed E-state index contributed by atoms with van der Waals surface area (Å²) >= 11 is 0. The topological polar surface area (TPSA) is 20.2 Å². The van der Waals surface area contributed by atoms with Gasteiger partial charge < -0.3 is 5.11 Å². The highest BCUT2D eigenvalue weighted by molar-refractivity contribution is 5.86. The molecule has 0 heterocycles. The van der Waals surface area contributed by atoms with Crippen molar-refractivity contribution in [2.24, 2.45) is 0 Å². The van der Waals surface area contributed by atoms with Gasteiger partial charge in [-0.1, -0.05) is 37.8 Å². The van der Waals surface area contributed by atoms with Crippen LogP contribution in [0.15, 0.2) is 36.9 Å². The molecule has 1 heteroatoms. The first-order valence-electron chi connectivity index (χ1n) is 6.02. The highest BCUT2D eigenvalue weighted by atomic mass is 16.3.